The molecule has 1 aromatic rings. The summed E-state index contributed by atoms with van der Waals surface area (Å²) >= 11 is 0. The van der Waals surface area contributed by atoms with Crippen LogP contribution < -0.4 is 10.9 Å². The predicted octanol–water partition coefficient (Wildman–Crippen LogP) is 2.06. The maximum absolute atomic E-state index is 12.5. The van der Waals surface area contributed by atoms with Gasteiger partial charge in [-0.2, -0.15) is 10.4 Å². The van der Waals surface area contributed by atoms with Gasteiger partial charge in [-0.1, -0.05) is 0 Å². The Bertz CT molecular complexity index is 813. The van der Waals surface area contributed by atoms with E-state index in [2.05, 4.69) is 10.4 Å². The molecular formula is C20H26N4O2. The first-order valence-corrected chi connectivity index (χ1v) is 9.64. The lowest BCUT2D eigenvalue weighted by Crippen LogP contribution is -2.51. The van der Waals surface area contributed by atoms with Gasteiger partial charge in [-0.15, -0.1) is 0 Å². The molecule has 4 aliphatic rings. The molecule has 26 heavy (non-hydrogen) atoms. The van der Waals surface area contributed by atoms with E-state index in [1.54, 1.807) is 13.8 Å². The van der Waals surface area contributed by atoms with Crippen molar-refractivity contribution in [2.24, 2.45) is 23.2 Å². The van der Waals surface area contributed by atoms with Crippen LogP contribution in [0.4, 0.5) is 0 Å². The lowest BCUT2D eigenvalue weighted by Gasteiger charge is -2.56. The maximum atomic E-state index is 12.5. The number of aromatic nitrogens is 2. The van der Waals surface area contributed by atoms with Gasteiger partial charge >= 0.3 is 0 Å². The number of carbonyl (C=O) groups excluding carboxylic acids is 1. The average Bonchev–Trinajstić information content (AvgIpc) is 2.57. The number of hydrogen-bond donors (Lipinski definition) is 1. The molecule has 0 aromatic carbocycles. The molecule has 1 aromatic heterocycles. The summed E-state index contributed by atoms with van der Waals surface area (Å²) in [7, 11) is 0. The van der Waals surface area contributed by atoms with Crippen molar-refractivity contribution in [1.29, 1.82) is 5.26 Å². The van der Waals surface area contributed by atoms with Crippen molar-refractivity contribution in [3.8, 4) is 6.07 Å². The van der Waals surface area contributed by atoms with E-state index in [1.165, 1.54) is 38.5 Å². The van der Waals surface area contributed by atoms with E-state index < -0.39 is 5.56 Å². The molecule has 0 unspecified atom stereocenters. The van der Waals surface area contributed by atoms with Gasteiger partial charge in [0.15, 0.2) is 0 Å². The van der Waals surface area contributed by atoms with Crippen molar-refractivity contribution in [2.45, 2.75) is 58.9 Å². The van der Waals surface area contributed by atoms with Crippen LogP contribution in [-0.2, 0) is 11.3 Å². The molecule has 4 aliphatic carbocycles. The van der Waals surface area contributed by atoms with Crippen molar-refractivity contribution >= 4 is 5.91 Å². The van der Waals surface area contributed by atoms with Gasteiger partial charge in [0.05, 0.1) is 5.69 Å². The summed E-state index contributed by atoms with van der Waals surface area (Å²) in [6, 6.07) is 1.93. The zero-order chi connectivity index (χ0) is 18.5. The molecule has 0 atom stereocenters. The summed E-state index contributed by atoms with van der Waals surface area (Å²) in [6.07, 6.45) is 7.85. The van der Waals surface area contributed by atoms with Gasteiger partial charge < -0.3 is 5.32 Å². The first-order valence-electron chi connectivity index (χ1n) is 9.64. The van der Waals surface area contributed by atoms with E-state index >= 15 is 0 Å². The maximum Gasteiger partial charge on any atom is 0.285 e. The quantitative estimate of drug-likeness (QED) is 0.896. The SMILES string of the molecule is Cc1nn(CC(=O)NCC23CC4CC(CC(C4)C2)C3)c(=O)c(C#N)c1C. The Balaban J connectivity index is 1.43. The topological polar surface area (TPSA) is 87.8 Å². The van der Waals surface area contributed by atoms with Crippen molar-refractivity contribution in [2.75, 3.05) is 6.54 Å². The Morgan fingerprint density at radius 3 is 2.35 bits per heavy atom. The number of nitriles is 1. The zero-order valence-electron chi connectivity index (χ0n) is 15.5. The molecule has 138 valence electrons. The highest BCUT2D eigenvalue weighted by Gasteiger charge is 2.50. The minimum absolute atomic E-state index is 0.0754. The molecule has 6 nitrogen and oxygen atoms in total. The molecule has 1 heterocycles. The number of rotatable bonds is 4. The minimum Gasteiger partial charge on any atom is -0.354 e. The Hall–Kier alpha value is -2.16. The minimum atomic E-state index is -0.486. The molecule has 1 N–H and O–H groups in total. The highest BCUT2D eigenvalue weighted by Crippen LogP contribution is 2.59. The molecule has 1 amide bonds. The molecule has 0 aliphatic heterocycles. The van der Waals surface area contributed by atoms with Crippen LogP contribution in [0.1, 0.15) is 55.3 Å². The van der Waals surface area contributed by atoms with Crippen molar-refractivity contribution in [3.63, 3.8) is 0 Å². The molecular weight excluding hydrogens is 328 g/mol. The van der Waals surface area contributed by atoms with E-state index in [4.69, 9.17) is 0 Å². The second kappa shape index (κ2) is 6.22. The van der Waals surface area contributed by atoms with Crippen LogP contribution >= 0.6 is 0 Å². The lowest BCUT2D eigenvalue weighted by atomic mass is 9.49. The van der Waals surface area contributed by atoms with Crippen LogP contribution in [0.25, 0.3) is 0 Å². The largest absolute Gasteiger partial charge is 0.354 e. The van der Waals surface area contributed by atoms with E-state index in [0.717, 1.165) is 22.4 Å². The molecule has 5 rings (SSSR count). The highest BCUT2D eigenvalue weighted by molar-refractivity contribution is 5.75. The van der Waals surface area contributed by atoms with Crippen LogP contribution in [-0.4, -0.2) is 22.2 Å². The van der Waals surface area contributed by atoms with Gasteiger partial charge in [0.2, 0.25) is 5.91 Å². The van der Waals surface area contributed by atoms with Gasteiger partial charge in [-0.05, 0) is 81.1 Å². The van der Waals surface area contributed by atoms with Crippen LogP contribution in [0, 0.1) is 48.3 Å². The summed E-state index contributed by atoms with van der Waals surface area (Å²) in [5, 5.41) is 16.4. The third-order valence-electron chi connectivity index (χ3n) is 6.87. The van der Waals surface area contributed by atoms with Gasteiger partial charge in [0.25, 0.3) is 5.56 Å². The third-order valence-corrected chi connectivity index (χ3v) is 6.87. The first-order chi connectivity index (χ1) is 12.4. The fourth-order valence-corrected chi connectivity index (χ4v) is 6.00. The second-order valence-electron chi connectivity index (χ2n) is 8.85. The summed E-state index contributed by atoms with van der Waals surface area (Å²) in [5.41, 5.74) is 1.05. The standard InChI is InChI=1S/C20H26N4O2/c1-12-13(2)23-24(19(26)17(12)9-21)10-18(25)22-11-20-6-14-3-15(7-20)5-16(4-14)8-20/h14-16H,3-8,10-11H2,1-2H3,(H,22,25). The summed E-state index contributed by atoms with van der Waals surface area (Å²) < 4.78 is 1.12. The van der Waals surface area contributed by atoms with Crippen molar-refractivity contribution < 1.29 is 4.79 Å². The van der Waals surface area contributed by atoms with Crippen molar-refractivity contribution in [1.82, 2.24) is 15.1 Å². The molecule has 0 spiro atoms. The van der Waals surface area contributed by atoms with E-state index in [0.29, 0.717) is 17.8 Å². The zero-order valence-corrected chi connectivity index (χ0v) is 15.5. The van der Waals surface area contributed by atoms with Crippen LogP contribution in [0.2, 0.25) is 0 Å². The second-order valence-corrected chi connectivity index (χ2v) is 8.85. The third kappa shape index (κ3) is 2.94. The Kier molecular flexibility index (Phi) is 4.13. The van der Waals surface area contributed by atoms with E-state index in [9.17, 15) is 14.9 Å². The molecule has 6 heteroatoms. The van der Waals surface area contributed by atoms with Crippen LogP contribution in [0.15, 0.2) is 4.79 Å². The first kappa shape index (κ1) is 17.3. The Morgan fingerprint density at radius 1 is 1.23 bits per heavy atom. The number of amides is 1. The predicted molar refractivity (Wildman–Crippen MR) is 96.3 cm³/mol. The van der Waals surface area contributed by atoms with Crippen molar-refractivity contribution in [3.05, 3.63) is 27.2 Å². The average molecular weight is 354 g/mol. The summed E-state index contributed by atoms with van der Waals surface area (Å²) in [6.45, 7) is 4.04. The van der Waals surface area contributed by atoms with E-state index in [-0.39, 0.29) is 23.4 Å². The highest BCUT2D eigenvalue weighted by atomic mass is 16.2. The molecule has 0 saturated heterocycles. The van der Waals surface area contributed by atoms with Gasteiger partial charge in [-0.3, -0.25) is 9.59 Å². The number of nitrogens with one attached hydrogen (secondary N) is 1. The molecule has 4 bridgehead atoms. The number of carbonyl (C=O) groups is 1. The van der Waals surface area contributed by atoms with Crippen LogP contribution in [0.3, 0.4) is 0 Å². The number of hydrogen-bond acceptors (Lipinski definition) is 4. The molecule has 0 radical (unpaired) electrons. The van der Waals surface area contributed by atoms with Gasteiger partial charge in [0.1, 0.15) is 18.2 Å². The molecule has 4 saturated carbocycles. The number of nitrogens with zero attached hydrogens (tertiary/aromatic N) is 3. The fraction of sp³-hybridized carbons (Fsp3) is 0.700. The Morgan fingerprint density at radius 2 is 1.81 bits per heavy atom. The van der Waals surface area contributed by atoms with Gasteiger partial charge in [0, 0.05) is 6.54 Å². The fourth-order valence-electron chi connectivity index (χ4n) is 6.00. The molecule has 4 fully saturated rings. The smallest absolute Gasteiger partial charge is 0.285 e. The van der Waals surface area contributed by atoms with Gasteiger partial charge in [-0.25, -0.2) is 4.68 Å². The van der Waals surface area contributed by atoms with Crippen LogP contribution in [0.5, 0.6) is 0 Å². The number of aryl methyl sites for hydroxylation is 1. The summed E-state index contributed by atoms with van der Waals surface area (Å²) in [5.74, 6) is 2.35. The normalized spacial score (nSPS) is 31.7. The summed E-state index contributed by atoms with van der Waals surface area (Å²) in [4.78, 5) is 24.8. The lowest BCUT2D eigenvalue weighted by molar-refractivity contribution is -0.124. The van der Waals surface area contributed by atoms with E-state index in [1.807, 2.05) is 6.07 Å². The monoisotopic (exact) mass is 354 g/mol. The Labute approximate surface area is 153 Å².